The van der Waals surface area contributed by atoms with Gasteiger partial charge in [0.25, 0.3) is 0 Å². The molecule has 0 aliphatic heterocycles. The van der Waals surface area contributed by atoms with E-state index in [0.717, 1.165) is 5.56 Å². The van der Waals surface area contributed by atoms with Gasteiger partial charge in [-0.15, -0.1) is 0 Å². The number of anilines is 2. The Morgan fingerprint density at radius 2 is 1.77 bits per heavy atom. The van der Waals surface area contributed by atoms with Crippen molar-refractivity contribution in [2.24, 2.45) is 0 Å². The summed E-state index contributed by atoms with van der Waals surface area (Å²) < 4.78 is 10.9. The Bertz CT molecular complexity index is 1550. The van der Waals surface area contributed by atoms with Gasteiger partial charge < -0.3 is 14.5 Å². The molecule has 0 fully saturated rings. The molecule has 2 N–H and O–H groups in total. The number of hydrogen-bond donors (Lipinski definition) is 2. The number of aryl methyl sites for hydroxylation is 1. The van der Waals surface area contributed by atoms with Gasteiger partial charge in [-0.2, -0.15) is 4.98 Å². The number of rotatable bonds is 7. The third kappa shape index (κ3) is 7.02. The van der Waals surface area contributed by atoms with Crippen LogP contribution in [0.5, 0.6) is 0 Å². The Morgan fingerprint density at radius 3 is 2.45 bits per heavy atom. The second kappa shape index (κ2) is 12.0. The van der Waals surface area contributed by atoms with Crippen LogP contribution in [0.3, 0.4) is 0 Å². The smallest absolute Gasteiger partial charge is 0.412 e. The molecule has 2 aromatic heterocycles. The van der Waals surface area contributed by atoms with Crippen LogP contribution in [0.25, 0.3) is 10.9 Å². The van der Waals surface area contributed by atoms with Gasteiger partial charge in [-0.1, -0.05) is 36.4 Å². The van der Waals surface area contributed by atoms with Crippen molar-refractivity contribution >= 4 is 34.7 Å². The van der Waals surface area contributed by atoms with E-state index in [1.807, 2.05) is 49.4 Å². The molecule has 40 heavy (non-hydrogen) atoms. The quantitative estimate of drug-likeness (QED) is 0.303. The van der Waals surface area contributed by atoms with Crippen LogP contribution < -0.4 is 21.2 Å². The van der Waals surface area contributed by atoms with Crippen molar-refractivity contribution in [2.45, 2.75) is 52.7 Å². The van der Waals surface area contributed by atoms with Gasteiger partial charge in [0, 0.05) is 18.4 Å². The minimum Gasteiger partial charge on any atom is -0.444 e. The van der Waals surface area contributed by atoms with E-state index in [4.69, 9.17) is 9.15 Å². The van der Waals surface area contributed by atoms with Gasteiger partial charge in [-0.05, 0) is 76.4 Å². The maximum Gasteiger partial charge on any atom is 0.412 e. The summed E-state index contributed by atoms with van der Waals surface area (Å²) in [6, 6.07) is 17.4. The van der Waals surface area contributed by atoms with Crippen molar-refractivity contribution in [2.75, 3.05) is 16.8 Å². The molecule has 3 amide bonds. The third-order valence-corrected chi connectivity index (χ3v) is 6.10. The average molecular weight is 544 g/mol. The van der Waals surface area contributed by atoms with Crippen LogP contribution >= 0.6 is 0 Å². The molecule has 4 aromatic rings. The standard InChI is InChI=1S/C30H33N5O5/c1-19-22(34-29(38)40-30(3,4)5)14-15-24-25(19)26(36)39-28(33-24)35(18-16-21-11-7-6-8-12-21)27(37)32-20(2)23-13-9-10-17-31-23/h6-15,17,20H,16,18H2,1-5H3,(H,32,37)(H,34,38). The monoisotopic (exact) mass is 543 g/mol. The molecular formula is C30H33N5O5. The van der Waals surface area contributed by atoms with E-state index < -0.39 is 29.4 Å². The normalized spacial score (nSPS) is 12.0. The molecule has 1 unspecified atom stereocenters. The fourth-order valence-corrected chi connectivity index (χ4v) is 4.11. The maximum atomic E-state index is 13.5. The number of nitrogens with one attached hydrogen (secondary N) is 2. The van der Waals surface area contributed by atoms with Crippen molar-refractivity contribution in [3.8, 4) is 0 Å². The Labute approximate surface area is 232 Å². The lowest BCUT2D eigenvalue weighted by atomic mass is 10.1. The van der Waals surface area contributed by atoms with E-state index in [1.165, 1.54) is 4.90 Å². The van der Waals surface area contributed by atoms with Crippen LogP contribution in [0, 0.1) is 6.92 Å². The number of aromatic nitrogens is 2. The molecule has 2 heterocycles. The van der Waals surface area contributed by atoms with Crippen LogP contribution in [-0.2, 0) is 11.2 Å². The summed E-state index contributed by atoms with van der Waals surface area (Å²) in [7, 11) is 0. The lowest BCUT2D eigenvalue weighted by Crippen LogP contribution is -2.43. The van der Waals surface area contributed by atoms with E-state index in [2.05, 4.69) is 20.6 Å². The van der Waals surface area contributed by atoms with E-state index >= 15 is 0 Å². The minimum atomic E-state index is -0.680. The first-order chi connectivity index (χ1) is 19.0. The summed E-state index contributed by atoms with van der Waals surface area (Å²) in [5, 5.41) is 5.78. The highest BCUT2D eigenvalue weighted by Gasteiger charge is 2.24. The van der Waals surface area contributed by atoms with Crippen molar-refractivity contribution in [1.82, 2.24) is 15.3 Å². The number of carbonyl (C=O) groups is 2. The molecule has 208 valence electrons. The molecule has 0 spiro atoms. The van der Waals surface area contributed by atoms with Crippen molar-refractivity contribution in [1.29, 1.82) is 0 Å². The zero-order valence-electron chi connectivity index (χ0n) is 23.2. The minimum absolute atomic E-state index is 0.133. The number of carbonyl (C=O) groups excluding carboxylic acids is 2. The van der Waals surface area contributed by atoms with Crippen LogP contribution in [0.15, 0.2) is 76.1 Å². The molecule has 0 aliphatic carbocycles. The Kier molecular flexibility index (Phi) is 8.47. The molecule has 10 nitrogen and oxygen atoms in total. The number of urea groups is 1. The highest BCUT2D eigenvalue weighted by atomic mass is 16.6. The van der Waals surface area contributed by atoms with E-state index in [1.54, 1.807) is 52.1 Å². The van der Waals surface area contributed by atoms with E-state index in [-0.39, 0.29) is 17.9 Å². The molecule has 2 aromatic carbocycles. The van der Waals surface area contributed by atoms with Gasteiger partial charge in [-0.3, -0.25) is 10.3 Å². The molecular weight excluding hydrogens is 510 g/mol. The van der Waals surface area contributed by atoms with Crippen molar-refractivity contribution in [3.63, 3.8) is 0 Å². The Hall–Kier alpha value is -4.73. The highest BCUT2D eigenvalue weighted by molar-refractivity contribution is 5.94. The van der Waals surface area contributed by atoms with Gasteiger partial charge in [0.05, 0.1) is 22.6 Å². The Morgan fingerprint density at radius 1 is 1.05 bits per heavy atom. The summed E-state index contributed by atoms with van der Waals surface area (Å²) >= 11 is 0. The predicted octanol–water partition coefficient (Wildman–Crippen LogP) is 5.76. The first kappa shape index (κ1) is 28.3. The molecule has 0 saturated carbocycles. The highest BCUT2D eigenvalue weighted by Crippen LogP contribution is 2.25. The van der Waals surface area contributed by atoms with Gasteiger partial charge in [0.2, 0.25) is 0 Å². The number of pyridine rings is 1. The maximum absolute atomic E-state index is 13.5. The SMILES string of the molecule is Cc1c(NC(=O)OC(C)(C)C)ccc2nc(N(CCc3ccccc3)C(=O)NC(C)c3ccccn3)oc(=O)c12. The third-order valence-electron chi connectivity index (χ3n) is 6.10. The average Bonchev–Trinajstić information content (AvgIpc) is 2.90. The predicted molar refractivity (Wildman–Crippen MR) is 154 cm³/mol. The van der Waals surface area contributed by atoms with Crippen LogP contribution in [0.4, 0.5) is 21.3 Å². The summed E-state index contributed by atoms with van der Waals surface area (Å²) in [5.74, 6) is 0. The lowest BCUT2D eigenvalue weighted by molar-refractivity contribution is 0.0635. The second-order valence-electron chi connectivity index (χ2n) is 10.4. The van der Waals surface area contributed by atoms with Gasteiger partial charge in [0.15, 0.2) is 0 Å². The summed E-state index contributed by atoms with van der Waals surface area (Å²) in [4.78, 5) is 49.1. The number of nitrogens with zero attached hydrogens (tertiary/aromatic N) is 3. The zero-order valence-corrected chi connectivity index (χ0v) is 23.2. The van der Waals surface area contributed by atoms with Crippen LogP contribution in [0.2, 0.25) is 0 Å². The first-order valence-electron chi connectivity index (χ1n) is 13.0. The number of hydrogen-bond acceptors (Lipinski definition) is 7. The topological polar surface area (TPSA) is 127 Å². The molecule has 1 atom stereocenters. The van der Waals surface area contributed by atoms with Crippen LogP contribution in [-0.4, -0.2) is 34.2 Å². The van der Waals surface area contributed by atoms with Crippen molar-refractivity contribution < 1.29 is 18.7 Å². The molecule has 4 rings (SSSR count). The number of ether oxygens (including phenoxy) is 1. The number of benzene rings is 2. The molecule has 10 heteroatoms. The first-order valence-corrected chi connectivity index (χ1v) is 13.0. The Balaban J connectivity index is 1.65. The second-order valence-corrected chi connectivity index (χ2v) is 10.4. The van der Waals surface area contributed by atoms with Crippen molar-refractivity contribution in [3.05, 3.63) is 94.1 Å². The summed E-state index contributed by atoms with van der Waals surface area (Å²) in [5.41, 5.74) is 1.53. The van der Waals surface area contributed by atoms with Crippen LogP contribution in [0.1, 0.15) is 50.6 Å². The summed E-state index contributed by atoms with van der Waals surface area (Å²) in [6.45, 7) is 9.00. The molecule has 0 bridgehead atoms. The van der Waals surface area contributed by atoms with Gasteiger partial charge in [0.1, 0.15) is 5.60 Å². The number of amides is 3. The van der Waals surface area contributed by atoms with Gasteiger partial charge >= 0.3 is 23.8 Å². The fourth-order valence-electron chi connectivity index (χ4n) is 4.11. The zero-order chi connectivity index (χ0) is 28.9. The van der Waals surface area contributed by atoms with E-state index in [0.29, 0.717) is 28.9 Å². The largest absolute Gasteiger partial charge is 0.444 e. The molecule has 0 aliphatic rings. The van der Waals surface area contributed by atoms with Gasteiger partial charge in [-0.25, -0.2) is 19.3 Å². The summed E-state index contributed by atoms with van der Waals surface area (Å²) in [6.07, 6.45) is 1.52. The lowest BCUT2D eigenvalue weighted by Gasteiger charge is -2.23. The molecule has 0 saturated heterocycles. The number of fused-ring (bicyclic) bond motifs is 1. The van der Waals surface area contributed by atoms with E-state index in [9.17, 15) is 14.4 Å². The molecule has 0 radical (unpaired) electrons. The fraction of sp³-hybridized carbons (Fsp3) is 0.300.